The Labute approximate surface area is 777 Å². The molecule has 6 N–H and O–H groups in total. The van der Waals surface area contributed by atoms with Crippen LogP contribution in [0.15, 0.2) is 102 Å². The average molecular weight is 2250 g/mol. The third-order valence-corrected chi connectivity index (χ3v) is 24.0. The molecule has 0 atom stereocenters. The SMILES string of the molecule is O=S(=O)(O)c1cc(Oc2c(F)c(F)c(F)c(F)c2F)c2c(Oc3c(F)c(F)c(F)c(F)c3F)cc(S(=O)(=O)O)cc2c1.O=S(=O)(O)c1cc2cc(S(=O)(=O)O)c(Oc3c(F)c(F)c(-c4c(F)c(F)c(F)c(F)c4F)c(F)c3F)cc2cc1Oc1c(F)c(F)c(-c2c(F)c(F)c(F)c(F)c2F)c(F)c1F.O=S(=O)(O)c1cc2cc(S(=O)(=O)O)c(Oc3c(F)c(F)c(F)c(F)c3F)cc2cc1Oc1c(F)c(F)c(F)c(F)c1F. The molecule has 0 aliphatic carbocycles. The van der Waals surface area contributed by atoms with Crippen LogP contribution in [0.2, 0.25) is 0 Å². The van der Waals surface area contributed by atoms with Gasteiger partial charge < -0.3 is 28.4 Å². The molecule has 0 saturated heterocycles. The summed E-state index contributed by atoms with van der Waals surface area (Å²) in [5, 5.41) is -5.21. The molecular weight excluding hydrogens is 2240 g/mol. The number of ether oxygens (including phenoxy) is 6. The lowest BCUT2D eigenvalue weighted by molar-refractivity contribution is 0.328. The molecule has 68 heteroatoms. The predicted molar refractivity (Wildman–Crippen MR) is 399 cm³/mol. The van der Waals surface area contributed by atoms with Gasteiger partial charge in [-0.1, -0.05) is 0 Å². The molecule has 0 saturated carbocycles. The van der Waals surface area contributed by atoms with Crippen LogP contribution in [0.5, 0.6) is 69.0 Å². The van der Waals surface area contributed by atoms with E-state index < -0.39 is 435 Å². The maximum atomic E-state index is 15.3. The highest BCUT2D eigenvalue weighted by atomic mass is 32.2. The summed E-state index contributed by atoms with van der Waals surface area (Å²) in [6, 6.07) is 2.50. The highest BCUT2D eigenvalue weighted by Gasteiger charge is 2.43. The Balaban J connectivity index is 0.000000201. The van der Waals surface area contributed by atoms with E-state index in [2.05, 4.69) is 28.4 Å². The lowest BCUT2D eigenvalue weighted by atomic mass is 10.0. The Bertz CT molecular complexity index is 8200. The van der Waals surface area contributed by atoms with E-state index in [4.69, 9.17) is 0 Å². The van der Waals surface area contributed by atoms with Crippen LogP contribution in [0.25, 0.3) is 54.6 Å². The van der Waals surface area contributed by atoms with Crippen LogP contribution in [0.3, 0.4) is 0 Å². The molecule has 0 bridgehead atoms. The normalized spacial score (nSPS) is 12.2. The highest BCUT2D eigenvalue weighted by molar-refractivity contribution is 7.87. The van der Waals surface area contributed by atoms with E-state index in [9.17, 15) is 210 Å². The minimum atomic E-state index is -5.86. The molecule has 0 spiro atoms. The zero-order valence-corrected chi connectivity index (χ0v) is 71.7. The number of fused-ring (bicyclic) bond motifs is 3. The lowest BCUT2D eigenvalue weighted by Gasteiger charge is -2.17. The summed E-state index contributed by atoms with van der Waals surface area (Å²) < 4.78 is 767. The van der Waals surface area contributed by atoms with Crippen molar-refractivity contribution in [3.05, 3.63) is 294 Å². The summed E-state index contributed by atoms with van der Waals surface area (Å²) in [6.07, 6.45) is 0. The fourth-order valence-corrected chi connectivity index (χ4v) is 15.9. The Morgan fingerprint density at radius 2 is 0.274 bits per heavy atom. The van der Waals surface area contributed by atoms with E-state index >= 15 is 35.1 Å². The Morgan fingerprint density at radius 3 is 0.432 bits per heavy atom. The number of rotatable bonds is 20. The molecule has 0 fully saturated rings. The van der Waals surface area contributed by atoms with Gasteiger partial charge in [-0.25, -0.2) is 114 Å². The first-order valence-electron chi connectivity index (χ1n) is 35.6. The van der Waals surface area contributed by atoms with Crippen LogP contribution < -0.4 is 28.4 Å². The minimum Gasteiger partial charge on any atom is -0.450 e. The van der Waals surface area contributed by atoms with Crippen molar-refractivity contribution < 1.29 is 273 Å². The smallest absolute Gasteiger partial charge is 0.298 e. The van der Waals surface area contributed by atoms with Crippen molar-refractivity contribution in [2.24, 2.45) is 0 Å². The second-order valence-electron chi connectivity index (χ2n) is 27.7. The molecule has 14 aromatic rings. The number of hydrogen-bond acceptors (Lipinski definition) is 18. The van der Waals surface area contributed by atoms with Gasteiger partial charge in [0.15, 0.2) is 69.8 Å². The molecule has 14 rings (SSSR count). The van der Waals surface area contributed by atoms with Crippen molar-refractivity contribution in [3.8, 4) is 91.2 Å². The third kappa shape index (κ3) is 19.7. The summed E-state index contributed by atoms with van der Waals surface area (Å²) in [4.78, 5) is -9.13. The maximum absolute atomic E-state index is 15.3. The zero-order valence-electron chi connectivity index (χ0n) is 66.8. The van der Waals surface area contributed by atoms with Gasteiger partial charge in [-0.15, -0.1) is 0 Å². The predicted octanol–water partition coefficient (Wildman–Crippen LogP) is 23.4. The fourth-order valence-electron chi connectivity index (χ4n) is 12.3. The third-order valence-electron chi connectivity index (χ3n) is 18.9. The van der Waals surface area contributed by atoms with Crippen molar-refractivity contribution in [2.75, 3.05) is 0 Å². The number of benzene rings is 14. The van der Waals surface area contributed by atoms with Gasteiger partial charge in [-0.2, -0.15) is 103 Å². The molecule has 776 valence electrons. The Hall–Kier alpha value is -14.5. The molecule has 0 radical (unpaired) electrons. The Morgan fingerprint density at radius 1 is 0.144 bits per heavy atom. The van der Waals surface area contributed by atoms with E-state index in [1.807, 2.05) is 0 Å². The average Bonchev–Trinajstić information content (AvgIpc) is 0.741. The van der Waals surface area contributed by atoms with Crippen molar-refractivity contribution in [2.45, 2.75) is 29.4 Å². The first kappa shape index (κ1) is 110. The van der Waals surface area contributed by atoms with Crippen molar-refractivity contribution >= 4 is 93.0 Å². The van der Waals surface area contributed by atoms with E-state index in [0.717, 1.165) is 0 Å². The second kappa shape index (κ2) is 38.8. The van der Waals surface area contributed by atoms with Crippen LogP contribution in [0.1, 0.15) is 0 Å². The van der Waals surface area contributed by atoms with E-state index in [0.29, 0.717) is 36.4 Å². The van der Waals surface area contributed by atoms with Gasteiger partial charge in [0.25, 0.3) is 60.7 Å². The summed E-state index contributed by atoms with van der Waals surface area (Å²) in [7, 11) is -33.5. The van der Waals surface area contributed by atoms with Gasteiger partial charge in [-0.05, 0) is 87.6 Å². The molecule has 0 aliphatic rings. The molecule has 0 unspecified atom stereocenters. The monoisotopic (exact) mass is 2250 g/mol. The van der Waals surface area contributed by atoms with Crippen molar-refractivity contribution in [1.29, 1.82) is 0 Å². The first-order valence-corrected chi connectivity index (χ1v) is 44.3. The summed E-state index contributed by atoms with van der Waals surface area (Å²) >= 11 is 0. The standard InChI is InChI=1S/C34H6F18O8S2.2C22H6F10O8S2/c35-15-11(16(36)24(44)27(47)23(15)43)13-19(39)29(49)33(30(50)20(13)40)59-7-1-5-2-8(10(62(56,57)58)4-6(5)3-9(7)61(53,54)55)60-34-31(51)21(41)14(22(42)32(34)52)12-17(37)25(45)28(48)26(46)18(12)38;23-11-13(25)17(29)21(18(30)14(11)26)39-7-1-5-2-8(40-22-19(31)15(27)12(24)16(28)20(22)32)10(42(36,37)38)4-6(5)3-9(7)41(33,34)35;23-11-13(25)17(29)21(18(30)14(11)26)39-8-3-6(41(33,34)35)1-5-2-7(42(36,37)38)4-9(10(5)8)40-22-19(31)15(27)12(24)16(28)20(22)32/h1-4H,(H,53,54,55)(H,56,57,58);2*1-4H,(H,33,34,35)(H,36,37,38). The summed E-state index contributed by atoms with van der Waals surface area (Å²) in [6.45, 7) is 0. The zero-order chi connectivity index (χ0) is 110. The van der Waals surface area contributed by atoms with Gasteiger partial charge in [0.1, 0.15) is 54.1 Å². The number of hydrogen-bond donors (Lipinski definition) is 6. The molecule has 24 nitrogen and oxygen atoms in total. The van der Waals surface area contributed by atoms with Crippen molar-refractivity contribution in [1.82, 2.24) is 0 Å². The van der Waals surface area contributed by atoms with E-state index in [-0.39, 0.29) is 36.4 Å². The molecule has 146 heavy (non-hydrogen) atoms. The molecule has 0 amide bonds. The molecule has 14 aromatic carbocycles. The van der Waals surface area contributed by atoms with Gasteiger partial charge in [0.2, 0.25) is 186 Å². The largest absolute Gasteiger partial charge is 0.450 e. The first-order chi connectivity index (χ1) is 67.0. The van der Waals surface area contributed by atoms with Crippen LogP contribution >= 0.6 is 0 Å². The van der Waals surface area contributed by atoms with Gasteiger partial charge in [-0.3, -0.25) is 27.3 Å². The van der Waals surface area contributed by atoms with E-state index in [1.54, 1.807) is 0 Å². The van der Waals surface area contributed by atoms with Gasteiger partial charge in [0.05, 0.1) is 37.4 Å². The molecular formula is C78H18F38O24S6. The topological polar surface area (TPSA) is 382 Å². The second-order valence-corrected chi connectivity index (χ2v) is 36.1. The molecule has 0 heterocycles. The van der Waals surface area contributed by atoms with Crippen LogP contribution in [-0.2, 0) is 60.7 Å². The number of halogens is 38. The molecule has 0 aromatic heterocycles. The molecule has 0 aliphatic heterocycles. The van der Waals surface area contributed by atoms with Crippen LogP contribution in [0, 0.1) is 221 Å². The summed E-state index contributed by atoms with van der Waals surface area (Å²) in [5.74, 6) is -127. The lowest BCUT2D eigenvalue weighted by Crippen LogP contribution is -2.10. The summed E-state index contributed by atoms with van der Waals surface area (Å²) in [5.41, 5.74) is -10.3. The maximum Gasteiger partial charge on any atom is 0.298 e. The quantitative estimate of drug-likeness (QED) is 0.0179. The fraction of sp³-hybridized carbons (Fsp3) is 0. The van der Waals surface area contributed by atoms with E-state index in [1.165, 1.54) is 0 Å². The minimum absolute atomic E-state index is 0.0729. The van der Waals surface area contributed by atoms with Gasteiger partial charge in [0, 0.05) is 12.1 Å². The highest BCUT2D eigenvalue weighted by Crippen LogP contribution is 2.52. The van der Waals surface area contributed by atoms with Crippen LogP contribution in [0.4, 0.5) is 167 Å². The Kier molecular flexibility index (Phi) is 29.3. The van der Waals surface area contributed by atoms with Crippen molar-refractivity contribution in [3.63, 3.8) is 0 Å². The van der Waals surface area contributed by atoms with Gasteiger partial charge >= 0.3 is 0 Å². The van der Waals surface area contributed by atoms with Crippen LogP contribution in [-0.4, -0.2) is 77.8 Å².